The minimum atomic E-state index is -0.396. The highest BCUT2D eigenvalue weighted by molar-refractivity contribution is 5.84. The van der Waals surface area contributed by atoms with Gasteiger partial charge in [-0.05, 0) is 53.8 Å². The van der Waals surface area contributed by atoms with Gasteiger partial charge in [0, 0.05) is 18.9 Å². The molecule has 0 aliphatic carbocycles. The summed E-state index contributed by atoms with van der Waals surface area (Å²) in [6.07, 6.45) is 2.84. The van der Waals surface area contributed by atoms with Crippen molar-refractivity contribution >= 4 is 17.5 Å². The van der Waals surface area contributed by atoms with Crippen molar-refractivity contribution in [2.45, 2.75) is 58.0 Å². The van der Waals surface area contributed by atoms with Gasteiger partial charge in [-0.25, -0.2) is 0 Å². The van der Waals surface area contributed by atoms with Crippen LogP contribution >= 0.6 is 0 Å². The van der Waals surface area contributed by atoms with Gasteiger partial charge in [0.1, 0.15) is 11.6 Å². The summed E-state index contributed by atoms with van der Waals surface area (Å²) in [6, 6.07) is -0.538. The van der Waals surface area contributed by atoms with Crippen LogP contribution in [-0.4, -0.2) is 50.2 Å². The molecule has 0 aromatic carbocycles. The molecular formula is C15H29N3O3. The second kappa shape index (κ2) is 11.4. The first kappa shape index (κ1) is 19.7. The van der Waals surface area contributed by atoms with Gasteiger partial charge in [-0.3, -0.25) is 9.59 Å². The number of hydrogen-bond acceptors (Lipinski definition) is 5. The number of carbonyl (C=O) groups excluding carboxylic acids is 3. The summed E-state index contributed by atoms with van der Waals surface area (Å²) in [5.74, 6) is -0.0127. The Morgan fingerprint density at radius 3 is 2.14 bits per heavy atom. The second-order valence-corrected chi connectivity index (χ2v) is 5.44. The highest BCUT2D eigenvalue weighted by Crippen LogP contribution is 2.05. The van der Waals surface area contributed by atoms with E-state index in [-0.39, 0.29) is 23.5 Å². The molecule has 0 aliphatic rings. The number of hydrogen-bond donors (Lipinski definition) is 3. The van der Waals surface area contributed by atoms with Crippen LogP contribution in [0.25, 0.3) is 0 Å². The van der Waals surface area contributed by atoms with Crippen LogP contribution in [0.15, 0.2) is 0 Å². The van der Waals surface area contributed by atoms with Crippen molar-refractivity contribution in [3.63, 3.8) is 0 Å². The molecule has 0 spiro atoms. The summed E-state index contributed by atoms with van der Waals surface area (Å²) in [5, 5.41) is 8.89. The van der Waals surface area contributed by atoms with Crippen LogP contribution in [0.3, 0.4) is 0 Å². The van der Waals surface area contributed by atoms with Gasteiger partial charge in [0.25, 0.3) is 0 Å². The Morgan fingerprint density at radius 2 is 1.67 bits per heavy atom. The molecule has 0 rings (SSSR count). The number of ketones is 2. The maximum absolute atomic E-state index is 12.2. The third-order valence-corrected chi connectivity index (χ3v) is 3.31. The Labute approximate surface area is 127 Å². The van der Waals surface area contributed by atoms with Crippen molar-refractivity contribution < 1.29 is 14.4 Å². The molecule has 0 heterocycles. The average molecular weight is 299 g/mol. The molecule has 0 fully saturated rings. The molecular weight excluding hydrogens is 270 g/mol. The van der Waals surface area contributed by atoms with E-state index in [4.69, 9.17) is 0 Å². The van der Waals surface area contributed by atoms with Gasteiger partial charge in [-0.1, -0.05) is 0 Å². The molecule has 122 valence electrons. The standard InChI is InChI=1S/C15H29N3O3/c1-11(19)7-8-14(17-4)15(21)18-13(10-12(2)20)6-5-9-16-3/h13-14,16-17H,5-10H2,1-4H3,(H,18,21). The van der Waals surface area contributed by atoms with Crippen molar-refractivity contribution in [2.75, 3.05) is 20.6 Å². The van der Waals surface area contributed by atoms with E-state index in [1.54, 1.807) is 7.05 Å². The molecule has 2 unspecified atom stereocenters. The summed E-state index contributed by atoms with van der Waals surface area (Å²) in [7, 11) is 3.57. The first-order chi connectivity index (χ1) is 9.90. The van der Waals surface area contributed by atoms with Crippen LogP contribution in [0.4, 0.5) is 0 Å². The Balaban J connectivity index is 4.45. The smallest absolute Gasteiger partial charge is 0.237 e. The molecule has 0 radical (unpaired) electrons. The van der Waals surface area contributed by atoms with Crippen LogP contribution in [0.5, 0.6) is 0 Å². The van der Waals surface area contributed by atoms with E-state index in [1.807, 2.05) is 7.05 Å². The fraction of sp³-hybridized carbons (Fsp3) is 0.800. The minimum Gasteiger partial charge on any atom is -0.352 e. The zero-order valence-electron chi connectivity index (χ0n) is 13.6. The fourth-order valence-corrected chi connectivity index (χ4v) is 2.15. The van der Waals surface area contributed by atoms with Gasteiger partial charge in [0.15, 0.2) is 0 Å². The minimum absolute atomic E-state index is 0.0644. The van der Waals surface area contributed by atoms with Crippen molar-refractivity contribution in [3.05, 3.63) is 0 Å². The molecule has 3 N–H and O–H groups in total. The molecule has 0 bridgehead atoms. The van der Waals surface area contributed by atoms with Crippen LogP contribution in [0.1, 0.15) is 46.0 Å². The molecule has 2 atom stereocenters. The predicted octanol–water partition coefficient (Wildman–Crippen LogP) is 0.407. The van der Waals surface area contributed by atoms with E-state index in [9.17, 15) is 14.4 Å². The first-order valence-electron chi connectivity index (χ1n) is 7.51. The third kappa shape index (κ3) is 10.1. The van der Waals surface area contributed by atoms with E-state index in [0.29, 0.717) is 19.3 Å². The van der Waals surface area contributed by atoms with Gasteiger partial charge in [-0.15, -0.1) is 0 Å². The Kier molecular flexibility index (Phi) is 10.7. The normalized spacial score (nSPS) is 13.5. The SMILES string of the molecule is CNCCCC(CC(C)=O)NC(=O)C(CCC(C)=O)NC. The monoisotopic (exact) mass is 299 g/mol. The van der Waals surface area contributed by atoms with Crippen LogP contribution < -0.4 is 16.0 Å². The molecule has 0 aromatic heterocycles. The van der Waals surface area contributed by atoms with E-state index in [0.717, 1.165) is 19.4 Å². The molecule has 0 aliphatic heterocycles. The number of Topliss-reactive ketones (excluding diaryl/α,β-unsaturated/α-hetero) is 2. The van der Waals surface area contributed by atoms with Crippen molar-refractivity contribution in [3.8, 4) is 0 Å². The molecule has 1 amide bonds. The molecule has 6 nitrogen and oxygen atoms in total. The Hall–Kier alpha value is -1.27. The maximum Gasteiger partial charge on any atom is 0.237 e. The lowest BCUT2D eigenvalue weighted by Gasteiger charge is -2.22. The topological polar surface area (TPSA) is 87.3 Å². The highest BCUT2D eigenvalue weighted by atomic mass is 16.2. The van der Waals surface area contributed by atoms with Crippen molar-refractivity contribution in [2.24, 2.45) is 0 Å². The molecule has 0 aromatic rings. The molecule has 0 saturated carbocycles. The number of nitrogens with one attached hydrogen (secondary N) is 3. The van der Waals surface area contributed by atoms with Crippen LogP contribution in [0, 0.1) is 0 Å². The number of amides is 1. The highest BCUT2D eigenvalue weighted by Gasteiger charge is 2.21. The predicted molar refractivity (Wildman–Crippen MR) is 83.2 cm³/mol. The maximum atomic E-state index is 12.2. The van der Waals surface area contributed by atoms with Crippen molar-refractivity contribution in [1.82, 2.24) is 16.0 Å². The summed E-state index contributed by atoms with van der Waals surface area (Å²) in [4.78, 5) is 34.5. The third-order valence-electron chi connectivity index (χ3n) is 3.31. The van der Waals surface area contributed by atoms with Crippen molar-refractivity contribution in [1.29, 1.82) is 0 Å². The molecule has 6 heteroatoms. The second-order valence-electron chi connectivity index (χ2n) is 5.44. The lowest BCUT2D eigenvalue weighted by atomic mass is 10.0. The number of rotatable bonds is 12. The first-order valence-corrected chi connectivity index (χ1v) is 7.51. The Bertz CT molecular complexity index is 345. The summed E-state index contributed by atoms with van der Waals surface area (Å²) >= 11 is 0. The van der Waals surface area contributed by atoms with E-state index in [2.05, 4.69) is 16.0 Å². The number of likely N-dealkylation sites (N-methyl/N-ethyl adjacent to an activating group) is 1. The lowest BCUT2D eigenvalue weighted by molar-refractivity contribution is -0.124. The van der Waals surface area contributed by atoms with Gasteiger partial charge in [0.05, 0.1) is 6.04 Å². The van der Waals surface area contributed by atoms with Gasteiger partial charge in [0.2, 0.25) is 5.91 Å². The van der Waals surface area contributed by atoms with Gasteiger partial charge in [-0.2, -0.15) is 0 Å². The van der Waals surface area contributed by atoms with E-state index in [1.165, 1.54) is 13.8 Å². The average Bonchev–Trinajstić information content (AvgIpc) is 2.38. The van der Waals surface area contributed by atoms with E-state index >= 15 is 0 Å². The lowest BCUT2D eigenvalue weighted by Crippen LogP contribution is -2.47. The molecule has 0 saturated heterocycles. The van der Waals surface area contributed by atoms with E-state index < -0.39 is 6.04 Å². The number of carbonyl (C=O) groups is 3. The fourth-order valence-electron chi connectivity index (χ4n) is 2.15. The van der Waals surface area contributed by atoms with Gasteiger partial charge >= 0.3 is 0 Å². The zero-order chi connectivity index (χ0) is 16.3. The van der Waals surface area contributed by atoms with Gasteiger partial charge < -0.3 is 20.7 Å². The zero-order valence-corrected chi connectivity index (χ0v) is 13.6. The summed E-state index contributed by atoms with van der Waals surface area (Å²) in [5.41, 5.74) is 0. The molecule has 21 heavy (non-hydrogen) atoms. The summed E-state index contributed by atoms with van der Waals surface area (Å²) in [6.45, 7) is 3.90. The Morgan fingerprint density at radius 1 is 1.00 bits per heavy atom. The quantitative estimate of drug-likeness (QED) is 0.454. The van der Waals surface area contributed by atoms with Crippen LogP contribution in [0.2, 0.25) is 0 Å². The largest absolute Gasteiger partial charge is 0.352 e. The summed E-state index contributed by atoms with van der Waals surface area (Å²) < 4.78 is 0. The van der Waals surface area contributed by atoms with Crippen LogP contribution in [-0.2, 0) is 14.4 Å².